The number of nitrogens with zero attached hydrogens (tertiary/aromatic N) is 3. The van der Waals surface area contributed by atoms with Crippen LogP contribution in [-0.4, -0.2) is 14.5 Å². The number of hydrogen-bond donors (Lipinski definition) is 0. The van der Waals surface area contributed by atoms with Crippen molar-refractivity contribution in [2.24, 2.45) is 0 Å². The molecule has 45 heavy (non-hydrogen) atoms. The van der Waals surface area contributed by atoms with Gasteiger partial charge in [-0.25, -0.2) is 9.97 Å². The van der Waals surface area contributed by atoms with E-state index in [1.807, 2.05) is 0 Å². The minimum atomic E-state index is 0.0607. The average molecular weight is 586 g/mol. The third kappa shape index (κ3) is 4.27. The molecule has 0 N–H and O–H groups in total. The Morgan fingerprint density at radius 3 is 2.16 bits per heavy atom. The first-order chi connectivity index (χ1) is 21.7. The van der Waals surface area contributed by atoms with Crippen LogP contribution in [-0.2, 0) is 5.41 Å². The Bertz CT molecular complexity index is 2420. The molecule has 0 bridgehead atoms. The molecule has 5 aromatic carbocycles. The lowest BCUT2D eigenvalue weighted by molar-refractivity contribution is 0.590. The molecule has 3 heterocycles. The van der Waals surface area contributed by atoms with Gasteiger partial charge in [-0.3, -0.25) is 4.57 Å². The molecular formula is C41H35N3O. The molecule has 4 heteroatoms. The lowest BCUT2D eigenvalue weighted by Gasteiger charge is -2.20. The minimum absolute atomic E-state index is 0.0607. The molecule has 0 radical (unpaired) electrons. The fraction of sp³-hybridized carbons (Fsp3) is 0.171. The van der Waals surface area contributed by atoms with Gasteiger partial charge in [-0.2, -0.15) is 0 Å². The van der Waals surface area contributed by atoms with E-state index >= 15 is 0 Å². The van der Waals surface area contributed by atoms with Crippen LogP contribution in [0.4, 0.5) is 0 Å². The summed E-state index contributed by atoms with van der Waals surface area (Å²) in [7, 11) is 0. The predicted octanol–water partition coefficient (Wildman–Crippen LogP) is 11.0. The van der Waals surface area contributed by atoms with Crippen molar-refractivity contribution in [1.29, 1.82) is 0 Å². The number of hydrogen-bond acceptors (Lipinski definition) is 3. The summed E-state index contributed by atoms with van der Waals surface area (Å²) in [4.78, 5) is 10.4. The first-order valence-electron chi connectivity index (χ1n) is 15.6. The van der Waals surface area contributed by atoms with Crippen LogP contribution in [0.25, 0.3) is 72.2 Å². The van der Waals surface area contributed by atoms with Gasteiger partial charge in [0.15, 0.2) is 0 Å². The molecule has 0 aliphatic rings. The number of benzene rings is 5. The summed E-state index contributed by atoms with van der Waals surface area (Å²) in [6.45, 7) is 13.2. The van der Waals surface area contributed by atoms with Gasteiger partial charge in [-0.1, -0.05) is 87.5 Å². The summed E-state index contributed by atoms with van der Waals surface area (Å²) in [6, 6.07) is 36.7. The predicted molar refractivity (Wildman–Crippen MR) is 187 cm³/mol. The number of aryl methyl sites for hydroxylation is 3. The molecule has 0 spiro atoms. The van der Waals surface area contributed by atoms with Crippen molar-refractivity contribution in [3.05, 3.63) is 125 Å². The van der Waals surface area contributed by atoms with E-state index in [1.54, 1.807) is 0 Å². The maximum Gasteiger partial charge on any atom is 0.227 e. The van der Waals surface area contributed by atoms with Gasteiger partial charge in [0.25, 0.3) is 0 Å². The van der Waals surface area contributed by atoms with Crippen LogP contribution in [0.5, 0.6) is 0 Å². The van der Waals surface area contributed by atoms with E-state index in [0.29, 0.717) is 5.71 Å². The smallest absolute Gasteiger partial charge is 0.227 e. The van der Waals surface area contributed by atoms with E-state index in [1.165, 1.54) is 27.5 Å². The summed E-state index contributed by atoms with van der Waals surface area (Å²) in [5, 5.41) is 4.45. The summed E-state index contributed by atoms with van der Waals surface area (Å²) in [6.07, 6.45) is 0. The quantitative estimate of drug-likeness (QED) is 0.207. The topological polar surface area (TPSA) is 43.9 Å². The highest BCUT2D eigenvalue weighted by molar-refractivity contribution is 6.12. The minimum Gasteiger partial charge on any atom is -0.437 e. The zero-order valence-electron chi connectivity index (χ0n) is 26.6. The van der Waals surface area contributed by atoms with E-state index in [4.69, 9.17) is 14.4 Å². The highest BCUT2D eigenvalue weighted by Crippen LogP contribution is 2.41. The molecule has 4 nitrogen and oxygen atoms in total. The van der Waals surface area contributed by atoms with Gasteiger partial charge in [0.1, 0.15) is 11.4 Å². The molecule has 8 aromatic rings. The van der Waals surface area contributed by atoms with Crippen molar-refractivity contribution in [2.75, 3.05) is 0 Å². The summed E-state index contributed by atoms with van der Waals surface area (Å²) in [5.74, 6) is 0.851. The largest absolute Gasteiger partial charge is 0.437 e. The van der Waals surface area contributed by atoms with Crippen LogP contribution in [0.15, 0.2) is 108 Å². The molecule has 0 fully saturated rings. The van der Waals surface area contributed by atoms with Crippen molar-refractivity contribution in [3.63, 3.8) is 0 Å². The number of aromatic nitrogens is 3. The van der Waals surface area contributed by atoms with E-state index in [0.717, 1.165) is 61.3 Å². The van der Waals surface area contributed by atoms with Gasteiger partial charge >= 0.3 is 0 Å². The second kappa shape index (κ2) is 9.90. The maximum atomic E-state index is 6.73. The van der Waals surface area contributed by atoms with Gasteiger partial charge in [0.05, 0.1) is 22.3 Å². The Morgan fingerprint density at radius 1 is 0.644 bits per heavy atom. The van der Waals surface area contributed by atoms with E-state index in [9.17, 15) is 0 Å². The molecule has 3 aromatic heterocycles. The van der Waals surface area contributed by atoms with Crippen LogP contribution in [0, 0.1) is 20.8 Å². The first-order valence-corrected chi connectivity index (χ1v) is 15.6. The lowest BCUT2D eigenvalue weighted by atomic mass is 9.87. The van der Waals surface area contributed by atoms with Crippen LogP contribution < -0.4 is 0 Å². The van der Waals surface area contributed by atoms with Crippen LogP contribution in [0.3, 0.4) is 0 Å². The molecule has 0 saturated heterocycles. The Kier molecular flexibility index (Phi) is 6.01. The second-order valence-corrected chi connectivity index (χ2v) is 13.3. The molecule has 0 saturated carbocycles. The number of furan rings is 1. The van der Waals surface area contributed by atoms with Crippen molar-refractivity contribution in [1.82, 2.24) is 14.5 Å². The monoisotopic (exact) mass is 585 g/mol. The van der Waals surface area contributed by atoms with E-state index in [-0.39, 0.29) is 5.41 Å². The molecule has 0 unspecified atom stereocenters. The van der Waals surface area contributed by atoms with Gasteiger partial charge in [-0.05, 0) is 90.2 Å². The van der Waals surface area contributed by atoms with E-state index < -0.39 is 0 Å². The maximum absolute atomic E-state index is 6.73. The summed E-state index contributed by atoms with van der Waals surface area (Å²) < 4.78 is 9.04. The van der Waals surface area contributed by atoms with Crippen molar-refractivity contribution in [2.45, 2.75) is 47.0 Å². The zero-order valence-corrected chi connectivity index (χ0v) is 26.6. The Labute approximate surface area is 263 Å². The second-order valence-electron chi connectivity index (χ2n) is 13.3. The van der Waals surface area contributed by atoms with Gasteiger partial charge < -0.3 is 4.42 Å². The van der Waals surface area contributed by atoms with Gasteiger partial charge in [0, 0.05) is 27.4 Å². The normalized spacial score (nSPS) is 12.2. The highest BCUT2D eigenvalue weighted by Gasteiger charge is 2.23. The molecule has 220 valence electrons. The number of rotatable bonds is 3. The molecule has 0 atom stereocenters. The number of pyridine rings is 1. The fourth-order valence-corrected chi connectivity index (χ4v) is 6.84. The Morgan fingerprint density at radius 2 is 1.40 bits per heavy atom. The Hall–Kier alpha value is -5.22. The third-order valence-corrected chi connectivity index (χ3v) is 9.21. The first kappa shape index (κ1) is 27.3. The fourth-order valence-electron chi connectivity index (χ4n) is 6.84. The molecule has 0 aliphatic carbocycles. The van der Waals surface area contributed by atoms with Gasteiger partial charge in [0.2, 0.25) is 5.71 Å². The zero-order chi connectivity index (χ0) is 31.0. The Balaban J connectivity index is 1.42. The van der Waals surface area contributed by atoms with Crippen LogP contribution in [0.1, 0.15) is 43.0 Å². The molecule has 0 aliphatic heterocycles. The van der Waals surface area contributed by atoms with E-state index in [2.05, 4.69) is 149 Å². The van der Waals surface area contributed by atoms with Crippen molar-refractivity contribution in [3.8, 4) is 28.3 Å². The SMILES string of the molecule is Cc1cccc(C)c1-c1ccc2c(n1)oc1c(-c3nc4ccc5ccccc5c4n3-c3ccc(C(C)(C)C)cc3)ccc(C)c12. The van der Waals surface area contributed by atoms with Crippen molar-refractivity contribution >= 4 is 43.9 Å². The average Bonchev–Trinajstić information content (AvgIpc) is 3.60. The van der Waals surface area contributed by atoms with Crippen LogP contribution in [0.2, 0.25) is 0 Å². The number of fused-ring (bicyclic) bond motifs is 6. The lowest BCUT2D eigenvalue weighted by Crippen LogP contribution is -2.11. The van der Waals surface area contributed by atoms with Gasteiger partial charge in [-0.15, -0.1) is 0 Å². The summed E-state index contributed by atoms with van der Waals surface area (Å²) >= 11 is 0. The molecule has 0 amide bonds. The number of imidazole rings is 1. The van der Waals surface area contributed by atoms with Crippen molar-refractivity contribution < 1.29 is 4.42 Å². The molecule has 8 rings (SSSR count). The third-order valence-electron chi connectivity index (χ3n) is 9.21. The molecular weight excluding hydrogens is 550 g/mol. The summed E-state index contributed by atoms with van der Waals surface area (Å²) in [5.41, 5.74) is 12.5. The van der Waals surface area contributed by atoms with Crippen LogP contribution >= 0.6 is 0 Å². The highest BCUT2D eigenvalue weighted by atomic mass is 16.3. The standard InChI is InChI=1S/C41H35N3O/c1-24-10-9-11-25(2)35(24)33-23-21-31-36-26(3)14-20-32(38(36)45-40(31)43-33)39-42-34-22-15-27-12-7-8-13-30(27)37(34)44(39)29-18-16-28(17-19-29)41(4,5)6/h7-23H,1-6H3.